The van der Waals surface area contributed by atoms with Crippen LogP contribution in [0.1, 0.15) is 47.4 Å². The van der Waals surface area contributed by atoms with E-state index < -0.39 is 0 Å². The number of nitrogens with zero attached hydrogens (tertiary/aromatic N) is 2. The van der Waals surface area contributed by atoms with Gasteiger partial charge in [-0.05, 0) is 48.7 Å². The molecule has 1 aliphatic heterocycles. The van der Waals surface area contributed by atoms with Gasteiger partial charge in [0.25, 0.3) is 11.5 Å². The monoisotopic (exact) mass is 451 g/mol. The highest BCUT2D eigenvalue weighted by Crippen LogP contribution is 2.38. The highest BCUT2D eigenvalue weighted by molar-refractivity contribution is 5.97. The van der Waals surface area contributed by atoms with Crippen molar-refractivity contribution in [1.82, 2.24) is 14.9 Å². The minimum Gasteiger partial charge on any atom is -0.493 e. The van der Waals surface area contributed by atoms with Crippen LogP contribution in [0.2, 0.25) is 0 Å². The molecular formula is C25H29N3O5. The third-order valence-corrected chi connectivity index (χ3v) is 6.01. The molecule has 0 unspecified atom stereocenters. The Bertz CT molecular complexity index is 1210. The van der Waals surface area contributed by atoms with E-state index in [1.807, 2.05) is 0 Å². The van der Waals surface area contributed by atoms with Crippen molar-refractivity contribution in [3.63, 3.8) is 0 Å². The Kier molecular flexibility index (Phi) is 6.82. The number of fused-ring (bicyclic) bond motifs is 2. The summed E-state index contributed by atoms with van der Waals surface area (Å²) in [5, 5.41) is 3.46. The summed E-state index contributed by atoms with van der Waals surface area (Å²) in [4.78, 5) is 30.6. The zero-order chi connectivity index (χ0) is 23.4. The third kappa shape index (κ3) is 4.65. The Labute approximate surface area is 192 Å². The van der Waals surface area contributed by atoms with Crippen LogP contribution in [0.5, 0.6) is 17.2 Å². The van der Waals surface area contributed by atoms with Crippen molar-refractivity contribution in [2.45, 2.75) is 45.2 Å². The van der Waals surface area contributed by atoms with E-state index in [9.17, 15) is 9.59 Å². The molecule has 0 atom stereocenters. The van der Waals surface area contributed by atoms with Crippen LogP contribution in [0, 0.1) is 0 Å². The maximum Gasteiger partial charge on any atom is 0.261 e. The highest BCUT2D eigenvalue weighted by atomic mass is 16.5. The molecule has 2 heterocycles. The molecule has 0 saturated carbocycles. The van der Waals surface area contributed by atoms with Crippen LogP contribution < -0.4 is 25.1 Å². The largest absolute Gasteiger partial charge is 0.493 e. The lowest BCUT2D eigenvalue weighted by atomic mass is 10.1. The van der Waals surface area contributed by atoms with Crippen LogP contribution in [0.15, 0.2) is 35.1 Å². The summed E-state index contributed by atoms with van der Waals surface area (Å²) < 4.78 is 17.9. The summed E-state index contributed by atoms with van der Waals surface area (Å²) in [6, 6.07) is 8.66. The molecule has 4 rings (SSSR count). The smallest absolute Gasteiger partial charge is 0.261 e. The molecule has 0 radical (unpaired) electrons. The van der Waals surface area contributed by atoms with E-state index in [1.54, 1.807) is 56.2 Å². The van der Waals surface area contributed by atoms with Crippen LogP contribution in [-0.4, -0.2) is 36.8 Å². The van der Waals surface area contributed by atoms with Gasteiger partial charge in [-0.1, -0.05) is 12.8 Å². The minimum absolute atomic E-state index is 0.0266. The molecule has 1 amide bonds. The van der Waals surface area contributed by atoms with Crippen molar-refractivity contribution in [3.05, 3.63) is 57.6 Å². The van der Waals surface area contributed by atoms with Gasteiger partial charge < -0.3 is 19.5 Å². The molecular weight excluding hydrogens is 422 g/mol. The fourth-order valence-electron chi connectivity index (χ4n) is 4.26. The second kappa shape index (κ2) is 9.94. The lowest BCUT2D eigenvalue weighted by Gasteiger charge is -2.16. The Morgan fingerprint density at radius 1 is 1.00 bits per heavy atom. The topological polar surface area (TPSA) is 91.7 Å². The number of methoxy groups -OCH3 is 3. The van der Waals surface area contributed by atoms with Gasteiger partial charge in [-0.3, -0.25) is 14.2 Å². The van der Waals surface area contributed by atoms with E-state index in [0.717, 1.165) is 43.5 Å². The maximum absolute atomic E-state index is 13.0. The second-order valence-electron chi connectivity index (χ2n) is 8.10. The standard InChI is InChI=1S/C25H29N3O5/c1-31-20-12-16(13-21(32-2)23(20)33-3)15-26-24(29)17-9-10-18-19(14-17)27-22-8-6-4-5-7-11-28(22)25(18)30/h9-10,12-14H,4-8,11,15H2,1-3H3,(H,26,29). The number of hydrogen-bond donors (Lipinski definition) is 1. The van der Waals surface area contributed by atoms with Crippen LogP contribution >= 0.6 is 0 Å². The quantitative estimate of drug-likeness (QED) is 0.617. The van der Waals surface area contributed by atoms with Gasteiger partial charge in [-0.2, -0.15) is 0 Å². The number of amides is 1. The lowest BCUT2D eigenvalue weighted by Crippen LogP contribution is -2.27. The molecule has 0 aliphatic carbocycles. The Morgan fingerprint density at radius 2 is 1.73 bits per heavy atom. The summed E-state index contributed by atoms with van der Waals surface area (Å²) in [6.45, 7) is 0.974. The van der Waals surface area contributed by atoms with E-state index >= 15 is 0 Å². The number of rotatable bonds is 6. The van der Waals surface area contributed by atoms with Crippen LogP contribution in [0.4, 0.5) is 0 Å². The van der Waals surface area contributed by atoms with Crippen molar-refractivity contribution in [1.29, 1.82) is 0 Å². The Balaban J connectivity index is 1.57. The molecule has 8 nitrogen and oxygen atoms in total. The van der Waals surface area contributed by atoms with E-state index in [0.29, 0.717) is 40.3 Å². The van der Waals surface area contributed by atoms with Crippen molar-refractivity contribution < 1.29 is 19.0 Å². The number of nitrogens with one attached hydrogen (secondary N) is 1. The molecule has 1 aliphatic rings. The summed E-state index contributed by atoms with van der Waals surface area (Å²) in [5.74, 6) is 2.10. The number of ether oxygens (including phenoxy) is 3. The average Bonchev–Trinajstić information content (AvgIpc) is 2.82. The van der Waals surface area contributed by atoms with Gasteiger partial charge in [0, 0.05) is 25.1 Å². The molecule has 0 bridgehead atoms. The minimum atomic E-state index is -0.251. The lowest BCUT2D eigenvalue weighted by molar-refractivity contribution is 0.0951. The number of carbonyl (C=O) groups is 1. The first kappa shape index (κ1) is 22.6. The molecule has 8 heteroatoms. The van der Waals surface area contributed by atoms with Crippen LogP contribution in [-0.2, 0) is 19.5 Å². The molecule has 33 heavy (non-hydrogen) atoms. The zero-order valence-electron chi connectivity index (χ0n) is 19.3. The highest BCUT2D eigenvalue weighted by Gasteiger charge is 2.16. The SMILES string of the molecule is COc1cc(CNC(=O)c2ccc3c(=O)n4c(nc3c2)CCCCCC4)cc(OC)c1OC. The maximum atomic E-state index is 13.0. The molecule has 0 spiro atoms. The van der Waals surface area contributed by atoms with Gasteiger partial charge >= 0.3 is 0 Å². The summed E-state index contributed by atoms with van der Waals surface area (Å²) >= 11 is 0. The number of aryl methyl sites for hydroxylation is 1. The van der Waals surface area contributed by atoms with Gasteiger partial charge in [0.2, 0.25) is 5.75 Å². The van der Waals surface area contributed by atoms with Gasteiger partial charge in [0.05, 0.1) is 32.2 Å². The van der Waals surface area contributed by atoms with Crippen molar-refractivity contribution in [2.75, 3.05) is 21.3 Å². The third-order valence-electron chi connectivity index (χ3n) is 6.01. The fraction of sp³-hybridized carbons (Fsp3) is 0.400. The molecule has 0 saturated heterocycles. The Hall–Kier alpha value is -3.55. The number of carbonyl (C=O) groups excluding carboxylic acids is 1. The molecule has 2 aromatic carbocycles. The Morgan fingerprint density at radius 3 is 2.42 bits per heavy atom. The number of benzene rings is 2. The first-order chi connectivity index (χ1) is 16.0. The predicted molar refractivity (Wildman–Crippen MR) is 125 cm³/mol. The molecule has 0 fully saturated rings. The van der Waals surface area contributed by atoms with E-state index in [-0.39, 0.29) is 18.0 Å². The zero-order valence-corrected chi connectivity index (χ0v) is 19.3. The second-order valence-corrected chi connectivity index (χ2v) is 8.10. The van der Waals surface area contributed by atoms with E-state index in [4.69, 9.17) is 19.2 Å². The van der Waals surface area contributed by atoms with Crippen LogP contribution in [0.25, 0.3) is 10.9 Å². The number of hydrogen-bond acceptors (Lipinski definition) is 6. The predicted octanol–water partition coefficient (Wildman–Crippen LogP) is 3.47. The molecule has 1 aromatic heterocycles. The van der Waals surface area contributed by atoms with Gasteiger partial charge in [0.1, 0.15) is 5.82 Å². The first-order valence-corrected chi connectivity index (χ1v) is 11.2. The van der Waals surface area contributed by atoms with Crippen molar-refractivity contribution in [3.8, 4) is 17.2 Å². The molecule has 3 aromatic rings. The average molecular weight is 452 g/mol. The van der Waals surface area contributed by atoms with E-state index in [2.05, 4.69) is 5.32 Å². The molecule has 174 valence electrons. The normalized spacial score (nSPS) is 13.5. The summed E-state index contributed by atoms with van der Waals surface area (Å²) in [7, 11) is 4.64. The summed E-state index contributed by atoms with van der Waals surface area (Å²) in [6.07, 6.45) is 5.07. The van der Waals surface area contributed by atoms with Gasteiger partial charge in [-0.25, -0.2) is 4.98 Å². The number of aromatic nitrogens is 2. The summed E-state index contributed by atoms with van der Waals surface area (Å²) in [5.41, 5.74) is 1.79. The van der Waals surface area contributed by atoms with E-state index in [1.165, 1.54) is 0 Å². The first-order valence-electron chi connectivity index (χ1n) is 11.2. The van der Waals surface area contributed by atoms with Gasteiger partial charge in [-0.15, -0.1) is 0 Å². The molecule has 1 N–H and O–H groups in total. The van der Waals surface area contributed by atoms with Crippen molar-refractivity contribution in [2.24, 2.45) is 0 Å². The van der Waals surface area contributed by atoms with Gasteiger partial charge in [0.15, 0.2) is 11.5 Å². The van der Waals surface area contributed by atoms with Crippen LogP contribution in [0.3, 0.4) is 0 Å². The van der Waals surface area contributed by atoms with Crippen molar-refractivity contribution >= 4 is 16.8 Å². The fourth-order valence-corrected chi connectivity index (χ4v) is 4.26.